The molecule has 3 rings (SSSR count). The number of carbonyl (C=O) groups is 1. The summed E-state index contributed by atoms with van der Waals surface area (Å²) < 4.78 is 1.71. The summed E-state index contributed by atoms with van der Waals surface area (Å²) in [6.45, 7) is 4.29. The Labute approximate surface area is 163 Å². The molecule has 0 radical (unpaired) electrons. The average Bonchev–Trinajstić information content (AvgIpc) is 3.19. The van der Waals surface area contributed by atoms with Gasteiger partial charge < -0.3 is 5.32 Å². The highest BCUT2D eigenvalue weighted by atomic mass is 35.5. The highest BCUT2D eigenvalue weighted by molar-refractivity contribution is 6.31. The van der Waals surface area contributed by atoms with Crippen molar-refractivity contribution < 1.29 is 4.79 Å². The Morgan fingerprint density at radius 1 is 1.26 bits per heavy atom. The Morgan fingerprint density at radius 2 is 2.00 bits per heavy atom. The summed E-state index contributed by atoms with van der Waals surface area (Å²) in [7, 11) is 1.93. The van der Waals surface area contributed by atoms with E-state index in [0.29, 0.717) is 5.02 Å². The van der Waals surface area contributed by atoms with Gasteiger partial charge in [0.1, 0.15) is 12.7 Å². The lowest BCUT2D eigenvalue weighted by Crippen LogP contribution is -2.32. The maximum atomic E-state index is 12.4. The smallest absolute Gasteiger partial charge is 0.238 e. The molecule has 0 bridgehead atoms. The van der Waals surface area contributed by atoms with Gasteiger partial charge in [-0.2, -0.15) is 5.10 Å². The second kappa shape index (κ2) is 8.33. The first-order valence-electron chi connectivity index (χ1n) is 8.65. The zero-order chi connectivity index (χ0) is 19.4. The molecular formula is C20H22ClN5O. The Bertz CT molecular complexity index is 909. The molecule has 0 saturated heterocycles. The maximum Gasteiger partial charge on any atom is 0.238 e. The van der Waals surface area contributed by atoms with Crippen LogP contribution in [-0.2, 0) is 4.79 Å². The lowest BCUT2D eigenvalue weighted by atomic mass is 10.1. The molecule has 3 aromatic rings. The number of benzene rings is 2. The van der Waals surface area contributed by atoms with Crippen LogP contribution >= 0.6 is 11.6 Å². The second-order valence-corrected chi connectivity index (χ2v) is 6.97. The van der Waals surface area contributed by atoms with Gasteiger partial charge in [0.25, 0.3) is 0 Å². The first-order valence-corrected chi connectivity index (χ1v) is 9.03. The average molecular weight is 384 g/mol. The molecule has 0 aliphatic carbocycles. The summed E-state index contributed by atoms with van der Waals surface area (Å²) in [6, 6.07) is 13.6. The van der Waals surface area contributed by atoms with Gasteiger partial charge in [0, 0.05) is 16.8 Å². The maximum absolute atomic E-state index is 12.4. The molecule has 0 saturated carbocycles. The zero-order valence-corrected chi connectivity index (χ0v) is 16.3. The summed E-state index contributed by atoms with van der Waals surface area (Å²) in [6.07, 6.45) is 3.16. The third-order valence-corrected chi connectivity index (χ3v) is 4.82. The highest BCUT2D eigenvalue weighted by Gasteiger charge is 2.16. The van der Waals surface area contributed by atoms with Crippen LogP contribution in [0.3, 0.4) is 0 Å². The lowest BCUT2D eigenvalue weighted by Gasteiger charge is -2.25. The summed E-state index contributed by atoms with van der Waals surface area (Å²) in [5.41, 5.74) is 3.78. The molecule has 1 atom stereocenters. The zero-order valence-electron chi connectivity index (χ0n) is 15.6. The third kappa shape index (κ3) is 4.72. The molecule has 1 heterocycles. The van der Waals surface area contributed by atoms with Gasteiger partial charge in [-0.3, -0.25) is 9.69 Å². The quantitative estimate of drug-likeness (QED) is 0.702. The summed E-state index contributed by atoms with van der Waals surface area (Å²) in [5, 5.41) is 7.66. The molecule has 27 heavy (non-hydrogen) atoms. The fourth-order valence-corrected chi connectivity index (χ4v) is 2.96. The molecular weight excluding hydrogens is 362 g/mol. The third-order valence-electron chi connectivity index (χ3n) is 4.59. The Morgan fingerprint density at radius 3 is 2.67 bits per heavy atom. The Kier molecular flexibility index (Phi) is 5.88. The van der Waals surface area contributed by atoms with E-state index in [1.54, 1.807) is 17.1 Å². The number of rotatable bonds is 6. The minimum atomic E-state index is -0.0750. The van der Waals surface area contributed by atoms with Gasteiger partial charge in [-0.05, 0) is 56.3 Å². The molecule has 2 aromatic carbocycles. The largest absolute Gasteiger partial charge is 0.325 e. The predicted octanol–water partition coefficient (Wildman–Crippen LogP) is 3.86. The number of halogens is 1. The van der Waals surface area contributed by atoms with Crippen molar-refractivity contribution in [3.8, 4) is 5.69 Å². The standard InChI is InChI=1S/C20H22ClN5O/c1-14-4-7-17(21)10-19(14)24-20(27)11-25(3)15(2)16-5-8-18(9-6-16)26-13-22-12-23-26/h4-10,12-13,15H,11H2,1-3H3,(H,24,27)/t15-/m0/s1. The van der Waals surface area contributed by atoms with Crippen molar-refractivity contribution in [3.63, 3.8) is 0 Å². The van der Waals surface area contributed by atoms with E-state index >= 15 is 0 Å². The molecule has 0 unspecified atom stereocenters. The Hall–Kier alpha value is -2.70. The molecule has 6 nitrogen and oxygen atoms in total. The monoisotopic (exact) mass is 383 g/mol. The van der Waals surface area contributed by atoms with E-state index in [4.69, 9.17) is 11.6 Å². The van der Waals surface area contributed by atoms with Crippen molar-refractivity contribution in [2.45, 2.75) is 19.9 Å². The van der Waals surface area contributed by atoms with Crippen LogP contribution in [0.2, 0.25) is 5.02 Å². The number of hydrogen-bond acceptors (Lipinski definition) is 4. The highest BCUT2D eigenvalue weighted by Crippen LogP contribution is 2.22. The normalized spacial score (nSPS) is 12.2. The first-order chi connectivity index (χ1) is 12.9. The van der Waals surface area contributed by atoms with Crippen LogP contribution in [0.4, 0.5) is 5.69 Å². The van der Waals surface area contributed by atoms with Gasteiger partial charge in [0.2, 0.25) is 5.91 Å². The summed E-state index contributed by atoms with van der Waals surface area (Å²) >= 11 is 6.01. The number of aromatic nitrogens is 3. The van der Waals surface area contributed by atoms with E-state index in [0.717, 1.165) is 22.5 Å². The van der Waals surface area contributed by atoms with Crippen molar-refractivity contribution in [1.82, 2.24) is 19.7 Å². The molecule has 140 valence electrons. The number of anilines is 1. The molecule has 0 aliphatic rings. The fraction of sp³-hybridized carbons (Fsp3) is 0.250. The topological polar surface area (TPSA) is 63.1 Å². The van der Waals surface area contributed by atoms with E-state index in [1.807, 2.05) is 55.3 Å². The van der Waals surface area contributed by atoms with Gasteiger partial charge in [0.05, 0.1) is 12.2 Å². The van der Waals surface area contributed by atoms with E-state index in [9.17, 15) is 4.79 Å². The molecule has 1 aromatic heterocycles. The molecule has 0 aliphatic heterocycles. The van der Waals surface area contributed by atoms with Crippen LogP contribution in [0.5, 0.6) is 0 Å². The van der Waals surface area contributed by atoms with Crippen LogP contribution in [0.1, 0.15) is 24.1 Å². The molecule has 0 spiro atoms. The number of aryl methyl sites for hydroxylation is 1. The van der Waals surface area contributed by atoms with Crippen molar-refractivity contribution in [1.29, 1.82) is 0 Å². The predicted molar refractivity (Wildman–Crippen MR) is 107 cm³/mol. The first kappa shape index (κ1) is 19.1. The number of amides is 1. The van der Waals surface area contributed by atoms with Crippen LogP contribution in [0.25, 0.3) is 5.69 Å². The number of nitrogens with one attached hydrogen (secondary N) is 1. The van der Waals surface area contributed by atoms with E-state index < -0.39 is 0 Å². The van der Waals surface area contributed by atoms with Crippen molar-refractivity contribution in [2.24, 2.45) is 0 Å². The molecule has 0 fully saturated rings. The lowest BCUT2D eigenvalue weighted by molar-refractivity contribution is -0.117. The van der Waals surface area contributed by atoms with E-state index in [1.165, 1.54) is 6.33 Å². The van der Waals surface area contributed by atoms with Crippen LogP contribution in [-0.4, -0.2) is 39.2 Å². The van der Waals surface area contributed by atoms with E-state index in [-0.39, 0.29) is 18.5 Å². The minimum absolute atomic E-state index is 0.0750. The fourth-order valence-electron chi connectivity index (χ4n) is 2.78. The SMILES string of the molecule is Cc1ccc(Cl)cc1NC(=O)CN(C)[C@@H](C)c1ccc(-n2cncn2)cc1. The van der Waals surface area contributed by atoms with Gasteiger partial charge in [-0.15, -0.1) is 0 Å². The van der Waals surface area contributed by atoms with Crippen molar-refractivity contribution in [3.05, 3.63) is 71.3 Å². The molecule has 7 heteroatoms. The van der Waals surface area contributed by atoms with Gasteiger partial charge in [-0.1, -0.05) is 29.8 Å². The van der Waals surface area contributed by atoms with Crippen LogP contribution < -0.4 is 5.32 Å². The van der Waals surface area contributed by atoms with Gasteiger partial charge in [-0.25, -0.2) is 9.67 Å². The minimum Gasteiger partial charge on any atom is -0.325 e. The Balaban J connectivity index is 1.62. The van der Waals surface area contributed by atoms with Crippen LogP contribution in [0.15, 0.2) is 55.1 Å². The summed E-state index contributed by atoms with van der Waals surface area (Å²) in [5.74, 6) is -0.0750. The molecule has 1 N–H and O–H groups in total. The second-order valence-electron chi connectivity index (χ2n) is 6.53. The van der Waals surface area contributed by atoms with Crippen LogP contribution in [0, 0.1) is 6.92 Å². The van der Waals surface area contributed by atoms with Crippen molar-refractivity contribution in [2.75, 3.05) is 18.9 Å². The molecule has 1 amide bonds. The number of likely N-dealkylation sites (N-methyl/N-ethyl adjacent to an activating group) is 1. The number of carbonyl (C=O) groups excluding carboxylic acids is 1. The number of nitrogens with zero attached hydrogens (tertiary/aromatic N) is 4. The summed E-state index contributed by atoms with van der Waals surface area (Å²) in [4.78, 5) is 18.4. The van der Waals surface area contributed by atoms with E-state index in [2.05, 4.69) is 22.3 Å². The van der Waals surface area contributed by atoms with Crippen molar-refractivity contribution >= 4 is 23.2 Å². The van der Waals surface area contributed by atoms with Gasteiger partial charge in [0.15, 0.2) is 0 Å². The van der Waals surface area contributed by atoms with Gasteiger partial charge >= 0.3 is 0 Å². The number of hydrogen-bond donors (Lipinski definition) is 1.